The molecule has 1 N–H and O–H groups in total. The Morgan fingerprint density at radius 3 is 1.73 bits per heavy atom. The quantitative estimate of drug-likeness (QED) is 0.238. The summed E-state index contributed by atoms with van der Waals surface area (Å²) < 4.78 is 14.3. The average molecular weight is 515 g/mol. The SMILES string of the molecule is CCCCC1CCCCC1(CCCC)Oc1cccc(O)c1OC1(CCCC)CCCCC1CCCC. The van der Waals surface area contributed by atoms with Crippen molar-refractivity contribution in [1.82, 2.24) is 0 Å². The van der Waals surface area contributed by atoms with Gasteiger partial charge in [-0.3, -0.25) is 0 Å². The van der Waals surface area contributed by atoms with E-state index >= 15 is 0 Å². The van der Waals surface area contributed by atoms with Gasteiger partial charge in [0.25, 0.3) is 0 Å². The number of phenolic OH excluding ortho intramolecular Hbond substituents is 1. The van der Waals surface area contributed by atoms with E-state index < -0.39 is 0 Å². The molecule has 2 fully saturated rings. The molecule has 2 saturated carbocycles. The van der Waals surface area contributed by atoms with Crippen molar-refractivity contribution >= 4 is 0 Å². The summed E-state index contributed by atoms with van der Waals surface area (Å²) in [7, 11) is 0. The fourth-order valence-corrected chi connectivity index (χ4v) is 7.37. The number of benzene rings is 1. The molecule has 3 rings (SSSR count). The van der Waals surface area contributed by atoms with Crippen molar-refractivity contribution in [3.05, 3.63) is 18.2 Å². The minimum absolute atomic E-state index is 0.139. The van der Waals surface area contributed by atoms with Gasteiger partial charge in [0, 0.05) is 0 Å². The van der Waals surface area contributed by atoms with Crippen molar-refractivity contribution in [3.63, 3.8) is 0 Å². The largest absolute Gasteiger partial charge is 0.504 e. The Balaban J connectivity index is 1.97. The van der Waals surface area contributed by atoms with Crippen molar-refractivity contribution in [2.45, 2.75) is 167 Å². The van der Waals surface area contributed by atoms with Gasteiger partial charge in [-0.05, 0) is 101 Å². The zero-order valence-electron chi connectivity index (χ0n) is 24.8. The number of phenols is 1. The van der Waals surface area contributed by atoms with E-state index in [1.807, 2.05) is 6.07 Å². The summed E-state index contributed by atoms with van der Waals surface area (Å²) >= 11 is 0. The van der Waals surface area contributed by atoms with Crippen molar-refractivity contribution in [1.29, 1.82) is 0 Å². The summed E-state index contributed by atoms with van der Waals surface area (Å²) in [4.78, 5) is 0. The standard InChI is InChI=1S/C34H58O3/c1-5-9-18-28-20-13-15-26-33(28,24-11-7-3)36-31-23-17-22-30(35)32(31)37-34(25-12-8-4)27-16-14-21-29(34)19-10-6-2/h17,22-23,28-29,35H,5-16,18-21,24-27H2,1-4H3. The molecular formula is C34H58O3. The second kappa shape index (κ2) is 15.3. The van der Waals surface area contributed by atoms with Crippen LogP contribution in [0, 0.1) is 11.8 Å². The van der Waals surface area contributed by atoms with Crippen LogP contribution in [0.5, 0.6) is 17.2 Å². The Labute approximate surface area is 229 Å². The van der Waals surface area contributed by atoms with Crippen LogP contribution >= 0.6 is 0 Å². The van der Waals surface area contributed by atoms with Gasteiger partial charge >= 0.3 is 0 Å². The number of hydrogen-bond acceptors (Lipinski definition) is 3. The lowest BCUT2D eigenvalue weighted by atomic mass is 9.70. The Morgan fingerprint density at radius 1 is 0.703 bits per heavy atom. The molecule has 2 aliphatic rings. The second-order valence-electron chi connectivity index (χ2n) is 12.3. The van der Waals surface area contributed by atoms with Crippen molar-refractivity contribution in [2.24, 2.45) is 11.8 Å². The van der Waals surface area contributed by atoms with Gasteiger partial charge < -0.3 is 14.6 Å². The van der Waals surface area contributed by atoms with E-state index in [9.17, 15) is 5.11 Å². The maximum atomic E-state index is 11.2. The molecular weight excluding hydrogens is 456 g/mol. The predicted octanol–water partition coefficient (Wildman–Crippen LogP) is 10.8. The highest BCUT2D eigenvalue weighted by molar-refractivity contribution is 5.51. The molecule has 0 amide bonds. The molecule has 1 aromatic carbocycles. The van der Waals surface area contributed by atoms with E-state index in [-0.39, 0.29) is 17.0 Å². The van der Waals surface area contributed by atoms with Crippen LogP contribution in [-0.2, 0) is 0 Å². The zero-order valence-corrected chi connectivity index (χ0v) is 24.8. The summed E-state index contributed by atoms with van der Waals surface area (Å²) in [6.07, 6.45) is 24.2. The molecule has 0 aliphatic heterocycles. The molecule has 2 aliphatic carbocycles. The molecule has 0 radical (unpaired) electrons. The van der Waals surface area contributed by atoms with Crippen molar-refractivity contribution < 1.29 is 14.6 Å². The molecule has 212 valence electrons. The van der Waals surface area contributed by atoms with E-state index in [1.54, 1.807) is 6.07 Å². The highest BCUT2D eigenvalue weighted by atomic mass is 16.6. The summed E-state index contributed by atoms with van der Waals surface area (Å²) in [6, 6.07) is 5.82. The molecule has 4 unspecified atom stereocenters. The first-order valence-electron chi connectivity index (χ1n) is 16.2. The van der Waals surface area contributed by atoms with Crippen molar-refractivity contribution in [3.8, 4) is 17.2 Å². The first kappa shape index (κ1) is 30.2. The fraction of sp³-hybridized carbons (Fsp3) is 0.824. The highest BCUT2D eigenvalue weighted by Gasteiger charge is 2.45. The normalized spacial score (nSPS) is 28.2. The van der Waals surface area contributed by atoms with Gasteiger partial charge in [0.1, 0.15) is 11.2 Å². The fourth-order valence-electron chi connectivity index (χ4n) is 7.37. The maximum absolute atomic E-state index is 11.2. The summed E-state index contributed by atoms with van der Waals surface area (Å²) in [5.41, 5.74) is -0.328. The maximum Gasteiger partial charge on any atom is 0.203 e. The lowest BCUT2D eigenvalue weighted by molar-refractivity contribution is -0.0572. The Morgan fingerprint density at radius 2 is 1.22 bits per heavy atom. The molecule has 0 heterocycles. The van der Waals surface area contributed by atoms with Gasteiger partial charge in [-0.1, -0.05) is 85.1 Å². The lowest BCUT2D eigenvalue weighted by Gasteiger charge is -2.47. The molecule has 3 heteroatoms. The van der Waals surface area contributed by atoms with Gasteiger partial charge in [-0.25, -0.2) is 0 Å². The number of aromatic hydroxyl groups is 1. The van der Waals surface area contributed by atoms with Crippen LogP contribution in [-0.4, -0.2) is 16.3 Å². The van der Waals surface area contributed by atoms with Crippen molar-refractivity contribution in [2.75, 3.05) is 0 Å². The van der Waals surface area contributed by atoms with Crippen LogP contribution < -0.4 is 9.47 Å². The molecule has 0 spiro atoms. The molecule has 0 saturated heterocycles. The van der Waals surface area contributed by atoms with Crippen LogP contribution in [0.3, 0.4) is 0 Å². The number of unbranched alkanes of at least 4 members (excludes halogenated alkanes) is 4. The Bertz CT molecular complexity index is 776. The van der Waals surface area contributed by atoms with Crippen LogP contribution in [0.4, 0.5) is 0 Å². The minimum Gasteiger partial charge on any atom is -0.504 e. The highest BCUT2D eigenvalue weighted by Crippen LogP contribution is 2.51. The van der Waals surface area contributed by atoms with Crippen LogP contribution in [0.15, 0.2) is 18.2 Å². The minimum atomic E-state index is -0.189. The molecule has 3 nitrogen and oxygen atoms in total. The van der Waals surface area contributed by atoms with Gasteiger partial charge in [0.2, 0.25) is 5.75 Å². The van der Waals surface area contributed by atoms with E-state index in [0.717, 1.165) is 31.4 Å². The molecule has 37 heavy (non-hydrogen) atoms. The van der Waals surface area contributed by atoms with Gasteiger partial charge in [0.05, 0.1) is 0 Å². The Hall–Kier alpha value is -1.38. The smallest absolute Gasteiger partial charge is 0.203 e. The number of rotatable bonds is 16. The third-order valence-corrected chi connectivity index (χ3v) is 9.59. The van der Waals surface area contributed by atoms with Gasteiger partial charge in [-0.15, -0.1) is 0 Å². The van der Waals surface area contributed by atoms with Crippen LogP contribution in [0.2, 0.25) is 0 Å². The second-order valence-corrected chi connectivity index (χ2v) is 12.3. The van der Waals surface area contributed by atoms with Gasteiger partial charge in [0.15, 0.2) is 11.5 Å². The first-order valence-corrected chi connectivity index (χ1v) is 16.2. The van der Waals surface area contributed by atoms with Gasteiger partial charge in [-0.2, -0.15) is 0 Å². The van der Waals surface area contributed by atoms with E-state index in [1.165, 1.54) is 103 Å². The number of para-hydroxylation sites is 1. The van der Waals surface area contributed by atoms with E-state index in [4.69, 9.17) is 9.47 Å². The average Bonchev–Trinajstić information content (AvgIpc) is 2.92. The molecule has 0 aromatic heterocycles. The van der Waals surface area contributed by atoms with E-state index in [2.05, 4.69) is 33.8 Å². The summed E-state index contributed by atoms with van der Waals surface area (Å²) in [5, 5.41) is 11.2. The summed E-state index contributed by atoms with van der Waals surface area (Å²) in [5.74, 6) is 2.80. The first-order chi connectivity index (χ1) is 18.0. The zero-order chi connectivity index (χ0) is 26.6. The summed E-state index contributed by atoms with van der Waals surface area (Å²) in [6.45, 7) is 9.16. The monoisotopic (exact) mass is 514 g/mol. The number of ether oxygens (including phenoxy) is 2. The van der Waals surface area contributed by atoms with E-state index in [0.29, 0.717) is 17.6 Å². The Kier molecular flexibility index (Phi) is 12.5. The molecule has 1 aromatic rings. The number of hydrogen-bond donors (Lipinski definition) is 1. The topological polar surface area (TPSA) is 38.7 Å². The van der Waals surface area contributed by atoms with Crippen LogP contribution in [0.1, 0.15) is 156 Å². The third-order valence-electron chi connectivity index (χ3n) is 9.59. The lowest BCUT2D eigenvalue weighted by Crippen LogP contribution is -2.47. The third kappa shape index (κ3) is 7.82. The molecule has 4 atom stereocenters. The molecule has 0 bridgehead atoms. The predicted molar refractivity (Wildman–Crippen MR) is 157 cm³/mol. The van der Waals surface area contributed by atoms with Crippen LogP contribution in [0.25, 0.3) is 0 Å².